The Kier molecular flexibility index (Phi) is 37.1. The van der Waals surface area contributed by atoms with Gasteiger partial charge in [0.05, 0.1) is 19.8 Å². The van der Waals surface area contributed by atoms with Gasteiger partial charge in [-0.05, 0) is 64.2 Å². The third-order valence-corrected chi connectivity index (χ3v) is 9.77. The van der Waals surface area contributed by atoms with Crippen LogP contribution in [0, 0.1) is 0 Å². The second-order valence-electron chi connectivity index (χ2n) is 13.8. The number of hydrogen-bond donors (Lipinski definition) is 2. The smallest absolute Gasteiger partial charge is 0.462 e. The summed E-state index contributed by atoms with van der Waals surface area (Å²) in [6.07, 6.45) is 38.9. The molecule has 2 atom stereocenters. The molecule has 2 unspecified atom stereocenters. The van der Waals surface area contributed by atoms with Crippen molar-refractivity contribution in [1.29, 1.82) is 0 Å². The van der Waals surface area contributed by atoms with Crippen LogP contribution < -0.4 is 0 Å². The van der Waals surface area contributed by atoms with Crippen LogP contribution in [0.3, 0.4) is 0 Å². The van der Waals surface area contributed by atoms with Crippen LogP contribution in [-0.2, 0) is 32.7 Å². The lowest BCUT2D eigenvalue weighted by atomic mass is 10.1. The topological polar surface area (TPSA) is 129 Å². The van der Waals surface area contributed by atoms with E-state index in [0.29, 0.717) is 12.8 Å². The summed E-state index contributed by atoms with van der Waals surface area (Å²) in [6.45, 7) is 2.91. The molecule has 0 bridgehead atoms. The number of aliphatic hydroxyl groups is 1. The number of carbonyl (C=O) groups excluding carboxylic acids is 2. The van der Waals surface area contributed by atoms with Crippen molar-refractivity contribution in [1.82, 2.24) is 0 Å². The lowest BCUT2D eigenvalue weighted by Gasteiger charge is -2.19. The molecule has 0 amide bonds. The van der Waals surface area contributed by atoms with Crippen LogP contribution in [0.25, 0.3) is 0 Å². The first kappa shape index (κ1) is 49.5. The monoisotopic (exact) mass is 745 g/mol. The highest BCUT2D eigenvalue weighted by molar-refractivity contribution is 7.47. The maximum Gasteiger partial charge on any atom is 0.472 e. The Bertz CT molecular complexity index is 892. The molecule has 9 nitrogen and oxygen atoms in total. The molecule has 0 aromatic carbocycles. The molecule has 0 aliphatic carbocycles. The predicted molar refractivity (Wildman–Crippen MR) is 209 cm³/mol. The van der Waals surface area contributed by atoms with Gasteiger partial charge in [-0.15, -0.1) is 0 Å². The molecular weight excluding hydrogens is 667 g/mol. The molecule has 2 N–H and O–H groups in total. The summed E-state index contributed by atoms with van der Waals surface area (Å²) in [5.41, 5.74) is 0. The quantitative estimate of drug-likeness (QED) is 0.0273. The average Bonchev–Trinajstić information content (AvgIpc) is 3.11. The highest BCUT2D eigenvalue weighted by Gasteiger charge is 2.26. The van der Waals surface area contributed by atoms with Crippen molar-refractivity contribution in [3.63, 3.8) is 0 Å². The highest BCUT2D eigenvalue weighted by Crippen LogP contribution is 2.43. The first-order valence-corrected chi connectivity index (χ1v) is 22.2. The third kappa shape index (κ3) is 38.0. The summed E-state index contributed by atoms with van der Waals surface area (Å²) in [6, 6.07) is 0. The highest BCUT2D eigenvalue weighted by atomic mass is 31.2. The van der Waals surface area contributed by atoms with Crippen molar-refractivity contribution >= 4 is 19.8 Å². The zero-order chi connectivity index (χ0) is 37.5. The normalized spacial score (nSPS) is 13.6. The number of allylic oxidation sites excluding steroid dienone is 4. The molecule has 300 valence electrons. The zero-order valence-corrected chi connectivity index (χ0v) is 33.6. The van der Waals surface area contributed by atoms with Gasteiger partial charge in [-0.2, -0.15) is 0 Å². The first-order valence-electron chi connectivity index (χ1n) is 20.7. The minimum atomic E-state index is -4.45. The Balaban J connectivity index is 4.20. The van der Waals surface area contributed by atoms with Crippen LogP contribution in [0.5, 0.6) is 0 Å². The van der Waals surface area contributed by atoms with Crippen LogP contribution in [0.15, 0.2) is 24.3 Å². The van der Waals surface area contributed by atoms with E-state index in [-0.39, 0.29) is 26.1 Å². The van der Waals surface area contributed by atoms with Crippen LogP contribution in [0.4, 0.5) is 0 Å². The minimum absolute atomic E-state index is 0.204. The number of aliphatic hydroxyl groups excluding tert-OH is 1. The first-order chi connectivity index (χ1) is 24.8. The number of phosphoric ester groups is 1. The third-order valence-electron chi connectivity index (χ3n) is 8.78. The summed E-state index contributed by atoms with van der Waals surface area (Å²) in [5.74, 6) is -0.881. The molecule has 51 heavy (non-hydrogen) atoms. The number of esters is 2. The molecule has 0 aromatic heterocycles. The second-order valence-corrected chi connectivity index (χ2v) is 15.2. The Labute approximate surface area is 312 Å². The number of phosphoric acid groups is 1. The van der Waals surface area contributed by atoms with Gasteiger partial charge in [-0.1, -0.05) is 141 Å². The molecule has 0 heterocycles. The van der Waals surface area contributed by atoms with E-state index < -0.39 is 39.1 Å². The van der Waals surface area contributed by atoms with Crippen molar-refractivity contribution in [2.75, 3.05) is 26.4 Å². The summed E-state index contributed by atoms with van der Waals surface area (Å²) in [4.78, 5) is 34.7. The molecule has 10 heteroatoms. The Hall–Kier alpha value is -1.51. The van der Waals surface area contributed by atoms with E-state index >= 15 is 0 Å². The maximum absolute atomic E-state index is 12.5. The van der Waals surface area contributed by atoms with Gasteiger partial charge in [-0.25, -0.2) is 4.57 Å². The summed E-state index contributed by atoms with van der Waals surface area (Å²) in [7, 11) is -4.45. The van der Waals surface area contributed by atoms with Crippen molar-refractivity contribution in [3.8, 4) is 0 Å². The molecule has 0 aromatic rings. The SMILES string of the molecule is CCCCCCCC/C=C\CCCCCCCC(=O)OCC(COP(=O)(O)OCCO)OC(=O)CCCCCCC/C=C\CCCCCCCC. The maximum atomic E-state index is 12.5. The fraction of sp³-hybridized carbons (Fsp3) is 0.854. The lowest BCUT2D eigenvalue weighted by Crippen LogP contribution is -2.29. The molecule has 0 saturated heterocycles. The van der Waals surface area contributed by atoms with Gasteiger partial charge in [-0.3, -0.25) is 18.6 Å². The van der Waals surface area contributed by atoms with Gasteiger partial charge in [0.25, 0.3) is 0 Å². The van der Waals surface area contributed by atoms with E-state index in [9.17, 15) is 19.0 Å². The molecule has 0 saturated carbocycles. The number of hydrogen-bond acceptors (Lipinski definition) is 8. The van der Waals surface area contributed by atoms with Gasteiger partial charge >= 0.3 is 19.8 Å². The van der Waals surface area contributed by atoms with Crippen LogP contribution in [-0.4, -0.2) is 54.5 Å². The fourth-order valence-electron chi connectivity index (χ4n) is 5.67. The number of unbranched alkanes of at least 4 members (excludes halogenated alkanes) is 22. The standard InChI is InChI=1S/C41H77O9P/c1-3-5-7-9-11-13-15-17-19-21-23-25-27-29-31-33-40(43)47-37-39(38-49-51(45,46)48-36-35-42)50-41(44)34-32-30-28-26-24-22-20-18-16-14-12-10-8-6-4-2/h17-20,39,42H,3-16,21-38H2,1-2H3,(H,45,46)/b19-17-,20-18-. The van der Waals surface area contributed by atoms with E-state index in [2.05, 4.69) is 42.7 Å². The molecule has 0 spiro atoms. The van der Waals surface area contributed by atoms with E-state index in [1.807, 2.05) is 0 Å². The molecule has 0 radical (unpaired) electrons. The van der Waals surface area contributed by atoms with Crippen molar-refractivity contribution in [2.45, 2.75) is 200 Å². The molecule has 0 aliphatic rings. The largest absolute Gasteiger partial charge is 0.472 e. The van der Waals surface area contributed by atoms with E-state index in [0.717, 1.165) is 64.2 Å². The Morgan fingerprint density at radius 2 is 0.941 bits per heavy atom. The van der Waals surface area contributed by atoms with E-state index in [1.165, 1.54) is 89.9 Å². The van der Waals surface area contributed by atoms with Gasteiger partial charge in [0.1, 0.15) is 6.61 Å². The Morgan fingerprint density at radius 3 is 1.37 bits per heavy atom. The fourth-order valence-corrected chi connectivity index (χ4v) is 6.41. The van der Waals surface area contributed by atoms with Crippen LogP contribution in [0.1, 0.15) is 194 Å². The average molecular weight is 745 g/mol. The van der Waals surface area contributed by atoms with Crippen LogP contribution in [0.2, 0.25) is 0 Å². The van der Waals surface area contributed by atoms with E-state index in [4.69, 9.17) is 19.1 Å². The second kappa shape index (κ2) is 38.2. The molecule has 0 fully saturated rings. The number of ether oxygens (including phenoxy) is 2. The summed E-state index contributed by atoms with van der Waals surface area (Å²) < 4.78 is 32.4. The van der Waals surface area contributed by atoms with Crippen LogP contribution >= 0.6 is 7.82 Å². The molecular formula is C41H77O9P. The minimum Gasteiger partial charge on any atom is -0.462 e. The number of rotatable bonds is 39. The molecule has 0 rings (SSSR count). The van der Waals surface area contributed by atoms with E-state index in [1.54, 1.807) is 0 Å². The van der Waals surface area contributed by atoms with Crippen molar-refractivity contribution < 1.29 is 42.7 Å². The van der Waals surface area contributed by atoms with Gasteiger partial charge in [0.15, 0.2) is 6.10 Å². The van der Waals surface area contributed by atoms with Crippen molar-refractivity contribution in [2.24, 2.45) is 0 Å². The van der Waals surface area contributed by atoms with Crippen molar-refractivity contribution in [3.05, 3.63) is 24.3 Å². The number of carbonyl (C=O) groups is 2. The lowest BCUT2D eigenvalue weighted by molar-refractivity contribution is -0.161. The van der Waals surface area contributed by atoms with Gasteiger partial charge < -0.3 is 19.5 Å². The Morgan fingerprint density at radius 1 is 0.549 bits per heavy atom. The summed E-state index contributed by atoms with van der Waals surface area (Å²) >= 11 is 0. The summed E-state index contributed by atoms with van der Waals surface area (Å²) in [5, 5.41) is 8.86. The predicted octanol–water partition coefficient (Wildman–Crippen LogP) is 11.6. The van der Waals surface area contributed by atoms with Gasteiger partial charge in [0.2, 0.25) is 0 Å². The molecule has 0 aliphatic heterocycles. The zero-order valence-electron chi connectivity index (χ0n) is 32.7. The van der Waals surface area contributed by atoms with Gasteiger partial charge in [0, 0.05) is 12.8 Å².